The fourth-order valence-corrected chi connectivity index (χ4v) is 1.28. The minimum atomic E-state index is -0.167. The van der Waals surface area contributed by atoms with Gasteiger partial charge in [0.05, 0.1) is 6.04 Å². The molecule has 0 heterocycles. The second-order valence-corrected chi connectivity index (χ2v) is 3.72. The lowest BCUT2D eigenvalue weighted by Gasteiger charge is -2.10. The summed E-state index contributed by atoms with van der Waals surface area (Å²) >= 11 is 0. The normalized spacial score (nSPS) is 12.1. The van der Waals surface area contributed by atoms with Crippen LogP contribution in [-0.2, 0) is 11.2 Å². The number of amides is 1. The first-order valence-electron chi connectivity index (χ1n) is 5.36. The van der Waals surface area contributed by atoms with Gasteiger partial charge in [-0.2, -0.15) is 0 Å². The summed E-state index contributed by atoms with van der Waals surface area (Å²) in [6.07, 6.45) is 0.766. The largest absolute Gasteiger partial charge is 0.508 e. The van der Waals surface area contributed by atoms with Gasteiger partial charge in [-0.3, -0.25) is 4.79 Å². The third kappa shape index (κ3) is 3.90. The Kier molecular flexibility index (Phi) is 4.79. The Hall–Kier alpha value is -1.55. The summed E-state index contributed by atoms with van der Waals surface area (Å²) in [7, 11) is 1.75. The van der Waals surface area contributed by atoms with Crippen LogP contribution in [0.15, 0.2) is 24.3 Å². The molecule has 1 amide bonds. The Bertz CT molecular complexity index is 335. The average Bonchev–Trinajstić information content (AvgIpc) is 2.30. The Morgan fingerprint density at radius 1 is 1.38 bits per heavy atom. The van der Waals surface area contributed by atoms with Gasteiger partial charge in [-0.1, -0.05) is 12.1 Å². The lowest BCUT2D eigenvalue weighted by molar-refractivity contribution is -0.122. The molecule has 0 aromatic heterocycles. The molecule has 0 saturated heterocycles. The molecule has 1 aromatic carbocycles. The number of phenolic OH excluding ortho intramolecular Hbond substituents is 1. The number of rotatable bonds is 5. The molecule has 16 heavy (non-hydrogen) atoms. The Morgan fingerprint density at radius 3 is 2.56 bits per heavy atom. The van der Waals surface area contributed by atoms with Crippen LogP contribution in [0.5, 0.6) is 5.75 Å². The maximum absolute atomic E-state index is 11.4. The molecule has 0 fully saturated rings. The molecule has 0 aliphatic carbocycles. The van der Waals surface area contributed by atoms with Crippen molar-refractivity contribution in [1.29, 1.82) is 0 Å². The van der Waals surface area contributed by atoms with Crippen LogP contribution in [0.2, 0.25) is 0 Å². The quantitative estimate of drug-likeness (QED) is 0.686. The van der Waals surface area contributed by atoms with Gasteiger partial charge in [-0.05, 0) is 38.1 Å². The Morgan fingerprint density at radius 2 is 2.00 bits per heavy atom. The predicted molar refractivity (Wildman–Crippen MR) is 63.3 cm³/mol. The zero-order chi connectivity index (χ0) is 12.0. The van der Waals surface area contributed by atoms with Gasteiger partial charge in [0.25, 0.3) is 0 Å². The highest BCUT2D eigenvalue weighted by molar-refractivity contribution is 5.81. The van der Waals surface area contributed by atoms with Crippen molar-refractivity contribution in [3.63, 3.8) is 0 Å². The zero-order valence-electron chi connectivity index (χ0n) is 9.66. The van der Waals surface area contributed by atoms with Crippen molar-refractivity contribution in [2.75, 3.05) is 13.6 Å². The molecule has 0 spiro atoms. The van der Waals surface area contributed by atoms with Crippen LogP contribution in [0.4, 0.5) is 0 Å². The van der Waals surface area contributed by atoms with Crippen molar-refractivity contribution >= 4 is 5.91 Å². The molecule has 1 unspecified atom stereocenters. The molecule has 0 aliphatic rings. The number of hydrogen-bond donors (Lipinski definition) is 3. The van der Waals surface area contributed by atoms with Crippen LogP contribution in [-0.4, -0.2) is 30.6 Å². The van der Waals surface area contributed by atoms with E-state index in [0.29, 0.717) is 6.54 Å². The van der Waals surface area contributed by atoms with E-state index in [1.165, 1.54) is 0 Å². The summed E-state index contributed by atoms with van der Waals surface area (Å²) < 4.78 is 0. The molecule has 0 bridgehead atoms. The molecule has 0 aliphatic heterocycles. The number of carbonyl (C=O) groups excluding carboxylic acids is 1. The van der Waals surface area contributed by atoms with Crippen LogP contribution in [0.1, 0.15) is 12.5 Å². The van der Waals surface area contributed by atoms with Crippen LogP contribution in [0, 0.1) is 0 Å². The second-order valence-electron chi connectivity index (χ2n) is 3.72. The number of nitrogens with one attached hydrogen (secondary N) is 2. The fourth-order valence-electron chi connectivity index (χ4n) is 1.28. The van der Waals surface area contributed by atoms with Crippen LogP contribution >= 0.6 is 0 Å². The Labute approximate surface area is 95.7 Å². The monoisotopic (exact) mass is 222 g/mol. The molecule has 1 aromatic rings. The smallest absolute Gasteiger partial charge is 0.236 e. The molecule has 4 heteroatoms. The van der Waals surface area contributed by atoms with Gasteiger partial charge >= 0.3 is 0 Å². The van der Waals surface area contributed by atoms with E-state index in [4.69, 9.17) is 5.11 Å². The van der Waals surface area contributed by atoms with E-state index in [1.807, 2.05) is 19.1 Å². The third-order valence-electron chi connectivity index (χ3n) is 2.48. The van der Waals surface area contributed by atoms with Crippen LogP contribution < -0.4 is 10.6 Å². The standard InChI is InChI=1S/C12H18N2O2/c1-9(13-2)12(16)14-8-7-10-3-5-11(15)6-4-10/h3-6,9,13,15H,7-8H2,1-2H3,(H,14,16). The first kappa shape index (κ1) is 12.5. The SMILES string of the molecule is CNC(C)C(=O)NCCc1ccc(O)cc1. The summed E-state index contributed by atoms with van der Waals surface area (Å²) in [5, 5.41) is 14.8. The highest BCUT2D eigenvalue weighted by atomic mass is 16.3. The summed E-state index contributed by atoms with van der Waals surface area (Å²) in [5.74, 6) is 0.262. The molecule has 1 atom stereocenters. The number of carbonyl (C=O) groups is 1. The van der Waals surface area contributed by atoms with Gasteiger partial charge in [0, 0.05) is 6.54 Å². The van der Waals surface area contributed by atoms with Crippen molar-refractivity contribution in [3.8, 4) is 5.75 Å². The van der Waals surface area contributed by atoms with Crippen molar-refractivity contribution in [1.82, 2.24) is 10.6 Å². The van der Waals surface area contributed by atoms with Crippen LogP contribution in [0.3, 0.4) is 0 Å². The molecule has 0 radical (unpaired) electrons. The minimum absolute atomic E-state index is 0.00118. The van der Waals surface area contributed by atoms with E-state index in [0.717, 1.165) is 12.0 Å². The second kappa shape index (κ2) is 6.12. The van der Waals surface area contributed by atoms with Crippen molar-refractivity contribution in [3.05, 3.63) is 29.8 Å². The molecule has 88 valence electrons. The van der Waals surface area contributed by atoms with E-state index >= 15 is 0 Å². The highest BCUT2D eigenvalue weighted by Gasteiger charge is 2.08. The lowest BCUT2D eigenvalue weighted by atomic mass is 10.1. The van der Waals surface area contributed by atoms with E-state index < -0.39 is 0 Å². The number of phenols is 1. The summed E-state index contributed by atoms with van der Waals surface area (Å²) in [5.41, 5.74) is 1.09. The van der Waals surface area contributed by atoms with Gasteiger partial charge < -0.3 is 15.7 Å². The van der Waals surface area contributed by atoms with Gasteiger partial charge in [0.1, 0.15) is 5.75 Å². The third-order valence-corrected chi connectivity index (χ3v) is 2.48. The summed E-state index contributed by atoms with van der Waals surface area (Å²) in [6.45, 7) is 2.42. The van der Waals surface area contributed by atoms with Gasteiger partial charge in [-0.15, -0.1) is 0 Å². The number of hydrogen-bond acceptors (Lipinski definition) is 3. The zero-order valence-corrected chi connectivity index (χ0v) is 9.66. The summed E-state index contributed by atoms with van der Waals surface area (Å²) in [6, 6.07) is 6.83. The van der Waals surface area contributed by atoms with E-state index in [1.54, 1.807) is 19.2 Å². The van der Waals surface area contributed by atoms with Crippen molar-refractivity contribution < 1.29 is 9.90 Å². The predicted octanol–water partition coefficient (Wildman–Crippen LogP) is 0.659. The molecule has 4 nitrogen and oxygen atoms in total. The van der Waals surface area contributed by atoms with Crippen molar-refractivity contribution in [2.45, 2.75) is 19.4 Å². The van der Waals surface area contributed by atoms with Gasteiger partial charge in [0.15, 0.2) is 0 Å². The van der Waals surface area contributed by atoms with Gasteiger partial charge in [-0.25, -0.2) is 0 Å². The van der Waals surface area contributed by atoms with Gasteiger partial charge in [0.2, 0.25) is 5.91 Å². The topological polar surface area (TPSA) is 61.4 Å². The fraction of sp³-hybridized carbons (Fsp3) is 0.417. The first-order chi connectivity index (χ1) is 7.63. The van der Waals surface area contributed by atoms with E-state index in [2.05, 4.69) is 10.6 Å². The number of benzene rings is 1. The number of aromatic hydroxyl groups is 1. The maximum Gasteiger partial charge on any atom is 0.236 e. The first-order valence-corrected chi connectivity index (χ1v) is 5.36. The van der Waals surface area contributed by atoms with Crippen LogP contribution in [0.25, 0.3) is 0 Å². The Balaban J connectivity index is 2.30. The summed E-state index contributed by atoms with van der Waals surface area (Å²) in [4.78, 5) is 11.4. The highest BCUT2D eigenvalue weighted by Crippen LogP contribution is 2.09. The maximum atomic E-state index is 11.4. The van der Waals surface area contributed by atoms with Crippen molar-refractivity contribution in [2.24, 2.45) is 0 Å². The molecular weight excluding hydrogens is 204 g/mol. The molecule has 1 rings (SSSR count). The number of likely N-dealkylation sites (N-methyl/N-ethyl adjacent to an activating group) is 1. The molecule has 3 N–H and O–H groups in total. The molecule has 0 saturated carbocycles. The minimum Gasteiger partial charge on any atom is -0.508 e. The van der Waals surface area contributed by atoms with E-state index in [9.17, 15) is 4.79 Å². The molecular formula is C12H18N2O2. The average molecular weight is 222 g/mol. The lowest BCUT2D eigenvalue weighted by Crippen LogP contribution is -2.41. The van der Waals surface area contributed by atoms with E-state index in [-0.39, 0.29) is 17.7 Å².